The standard InChI is InChI=1S/C19H11F6NO3S2/c1-29-12-4-9(5-14-16(28)26-17(30)31-14)15(27)13(7-12)8-2-10(18(20,21)22)6-11(3-8)19(23,24)25/h2-7,27H,1H3,(H,26,28,30). The van der Waals surface area contributed by atoms with Crippen molar-refractivity contribution in [1.82, 2.24) is 5.32 Å². The van der Waals surface area contributed by atoms with Crippen molar-refractivity contribution in [2.24, 2.45) is 0 Å². The number of hydrogen-bond acceptors (Lipinski definition) is 5. The first kappa shape index (κ1) is 22.9. The highest BCUT2D eigenvalue weighted by molar-refractivity contribution is 8.26. The summed E-state index contributed by atoms with van der Waals surface area (Å²) in [7, 11) is 1.23. The summed E-state index contributed by atoms with van der Waals surface area (Å²) in [4.78, 5) is 12.0. The second kappa shape index (κ2) is 8.08. The van der Waals surface area contributed by atoms with Crippen LogP contribution in [0.15, 0.2) is 35.2 Å². The zero-order valence-electron chi connectivity index (χ0n) is 15.3. The Morgan fingerprint density at radius 2 is 1.61 bits per heavy atom. The largest absolute Gasteiger partial charge is 0.507 e. The van der Waals surface area contributed by atoms with E-state index < -0.39 is 40.7 Å². The van der Waals surface area contributed by atoms with Crippen molar-refractivity contribution in [3.05, 3.63) is 51.9 Å². The lowest BCUT2D eigenvalue weighted by Crippen LogP contribution is -2.17. The molecule has 0 bridgehead atoms. The molecule has 1 saturated heterocycles. The first-order valence-corrected chi connectivity index (χ1v) is 9.48. The third kappa shape index (κ3) is 4.96. The summed E-state index contributed by atoms with van der Waals surface area (Å²) in [5.41, 5.74) is -3.99. The minimum absolute atomic E-state index is 0.00986. The van der Waals surface area contributed by atoms with Crippen LogP contribution in [0, 0.1) is 0 Å². The fourth-order valence-corrected chi connectivity index (χ4v) is 3.79. The molecule has 4 nitrogen and oxygen atoms in total. The lowest BCUT2D eigenvalue weighted by molar-refractivity contribution is -0.143. The number of aromatic hydroxyl groups is 1. The van der Waals surface area contributed by atoms with Gasteiger partial charge in [0.05, 0.1) is 23.1 Å². The maximum Gasteiger partial charge on any atom is 0.416 e. The molecule has 164 valence electrons. The van der Waals surface area contributed by atoms with Gasteiger partial charge in [0.15, 0.2) is 0 Å². The predicted octanol–water partition coefficient (Wildman–Crippen LogP) is 5.59. The number of thiocarbonyl (C=S) groups is 1. The molecule has 0 unspecified atom stereocenters. The second-order valence-electron chi connectivity index (χ2n) is 6.26. The average Bonchev–Trinajstić information content (AvgIpc) is 2.98. The molecule has 1 aliphatic rings. The highest BCUT2D eigenvalue weighted by Gasteiger charge is 2.37. The number of halogens is 6. The lowest BCUT2D eigenvalue weighted by atomic mass is 9.96. The first-order valence-electron chi connectivity index (χ1n) is 8.25. The lowest BCUT2D eigenvalue weighted by Gasteiger charge is -2.16. The second-order valence-corrected chi connectivity index (χ2v) is 7.98. The van der Waals surface area contributed by atoms with Gasteiger partial charge < -0.3 is 15.2 Å². The predicted molar refractivity (Wildman–Crippen MR) is 106 cm³/mol. The topological polar surface area (TPSA) is 58.6 Å². The third-order valence-corrected chi connectivity index (χ3v) is 5.34. The van der Waals surface area contributed by atoms with E-state index in [-0.39, 0.29) is 32.2 Å². The maximum absolute atomic E-state index is 13.2. The van der Waals surface area contributed by atoms with E-state index in [0.29, 0.717) is 12.1 Å². The number of alkyl halides is 6. The number of nitrogens with one attached hydrogen (secondary N) is 1. The van der Waals surface area contributed by atoms with E-state index >= 15 is 0 Å². The molecule has 0 aromatic heterocycles. The number of benzene rings is 2. The van der Waals surface area contributed by atoms with Crippen molar-refractivity contribution in [1.29, 1.82) is 0 Å². The monoisotopic (exact) mass is 479 g/mol. The van der Waals surface area contributed by atoms with Gasteiger partial charge in [-0.3, -0.25) is 4.79 Å². The van der Waals surface area contributed by atoms with Gasteiger partial charge in [-0.05, 0) is 42.0 Å². The number of rotatable bonds is 3. The molecule has 0 radical (unpaired) electrons. The van der Waals surface area contributed by atoms with Crippen LogP contribution in [0.4, 0.5) is 26.3 Å². The van der Waals surface area contributed by atoms with E-state index in [2.05, 4.69) is 5.32 Å². The fourth-order valence-electron chi connectivity index (χ4n) is 2.75. The van der Waals surface area contributed by atoms with Crippen LogP contribution in [0.1, 0.15) is 16.7 Å². The summed E-state index contributed by atoms with van der Waals surface area (Å²) in [5, 5.41) is 13.0. The summed E-state index contributed by atoms with van der Waals surface area (Å²) in [6.45, 7) is 0. The highest BCUT2D eigenvalue weighted by Crippen LogP contribution is 2.43. The number of amides is 1. The minimum Gasteiger partial charge on any atom is -0.507 e. The van der Waals surface area contributed by atoms with Crippen molar-refractivity contribution in [3.8, 4) is 22.6 Å². The van der Waals surface area contributed by atoms with E-state index in [1.165, 1.54) is 19.3 Å². The molecule has 12 heteroatoms. The van der Waals surface area contributed by atoms with Crippen molar-refractivity contribution >= 4 is 40.3 Å². The summed E-state index contributed by atoms with van der Waals surface area (Å²) in [5.74, 6) is -1.15. The quantitative estimate of drug-likeness (QED) is 0.341. The van der Waals surface area contributed by atoms with Crippen LogP contribution in [0.25, 0.3) is 17.2 Å². The smallest absolute Gasteiger partial charge is 0.416 e. The molecule has 31 heavy (non-hydrogen) atoms. The molecule has 0 aliphatic carbocycles. The van der Waals surface area contributed by atoms with Gasteiger partial charge in [0.2, 0.25) is 0 Å². The van der Waals surface area contributed by atoms with E-state index in [0.717, 1.165) is 17.8 Å². The number of ether oxygens (including phenoxy) is 1. The summed E-state index contributed by atoms with van der Waals surface area (Å²) >= 11 is 5.75. The molecule has 0 spiro atoms. The summed E-state index contributed by atoms with van der Waals surface area (Å²) in [6.07, 6.45) is -8.90. The number of methoxy groups -OCH3 is 1. The molecular formula is C19H11F6NO3S2. The van der Waals surface area contributed by atoms with Gasteiger partial charge in [0, 0.05) is 11.1 Å². The van der Waals surface area contributed by atoms with Gasteiger partial charge in [0.1, 0.15) is 15.8 Å². The van der Waals surface area contributed by atoms with E-state index in [9.17, 15) is 36.2 Å². The summed E-state index contributed by atoms with van der Waals surface area (Å²) in [6, 6.07) is 3.35. The van der Waals surface area contributed by atoms with Crippen LogP contribution in [0.3, 0.4) is 0 Å². The number of carbonyl (C=O) groups excluding carboxylic acids is 1. The Bertz CT molecular complexity index is 1080. The molecule has 0 atom stereocenters. The number of hydrogen-bond donors (Lipinski definition) is 2. The first-order chi connectivity index (χ1) is 14.3. The molecule has 0 saturated carbocycles. The molecule has 1 amide bonds. The molecule has 3 rings (SSSR count). The zero-order chi connectivity index (χ0) is 23.1. The van der Waals surface area contributed by atoms with Crippen LogP contribution in [-0.2, 0) is 17.1 Å². The molecule has 2 N–H and O–H groups in total. The van der Waals surface area contributed by atoms with Crippen LogP contribution in [-0.4, -0.2) is 22.4 Å². The molecule has 1 aliphatic heterocycles. The van der Waals surface area contributed by atoms with Crippen LogP contribution < -0.4 is 10.1 Å². The zero-order valence-corrected chi connectivity index (χ0v) is 16.9. The van der Waals surface area contributed by atoms with Crippen molar-refractivity contribution in [3.63, 3.8) is 0 Å². The molecular weight excluding hydrogens is 468 g/mol. The Morgan fingerprint density at radius 1 is 1.03 bits per heavy atom. The SMILES string of the molecule is COc1cc(C=C2SC(=S)NC2=O)c(O)c(-c2cc(C(F)(F)F)cc(C(F)(F)F)c2)c1. The van der Waals surface area contributed by atoms with Crippen LogP contribution in [0.2, 0.25) is 0 Å². The third-order valence-electron chi connectivity index (χ3n) is 4.18. The van der Waals surface area contributed by atoms with Gasteiger partial charge >= 0.3 is 12.4 Å². The fraction of sp³-hybridized carbons (Fsp3) is 0.158. The number of thioether (sulfide) groups is 1. The molecule has 1 fully saturated rings. The maximum atomic E-state index is 13.2. The van der Waals surface area contributed by atoms with Crippen molar-refractivity contribution in [2.75, 3.05) is 7.11 Å². The molecule has 2 aromatic carbocycles. The number of carbonyl (C=O) groups is 1. The Hall–Kier alpha value is -2.73. The average molecular weight is 479 g/mol. The van der Waals surface area contributed by atoms with Gasteiger partial charge in [-0.1, -0.05) is 24.0 Å². The Labute approximate surface area is 180 Å². The normalized spacial score (nSPS) is 16.0. The van der Waals surface area contributed by atoms with E-state index in [1.807, 2.05) is 0 Å². The van der Waals surface area contributed by atoms with Gasteiger partial charge in [-0.25, -0.2) is 0 Å². The van der Waals surface area contributed by atoms with Crippen molar-refractivity contribution < 1.29 is 41.0 Å². The minimum atomic E-state index is -5.05. The van der Waals surface area contributed by atoms with Gasteiger partial charge in [-0.2, -0.15) is 26.3 Å². The van der Waals surface area contributed by atoms with E-state index in [1.54, 1.807) is 0 Å². The number of phenols is 1. The summed E-state index contributed by atoms with van der Waals surface area (Å²) < 4.78 is 84.4. The van der Waals surface area contributed by atoms with Gasteiger partial charge in [0.25, 0.3) is 5.91 Å². The molecule has 1 heterocycles. The number of phenolic OH excluding ortho intramolecular Hbond substituents is 1. The Kier molecular flexibility index (Phi) is 5.98. The molecule has 2 aromatic rings. The highest BCUT2D eigenvalue weighted by atomic mass is 32.2. The van der Waals surface area contributed by atoms with Crippen LogP contribution in [0.5, 0.6) is 11.5 Å². The van der Waals surface area contributed by atoms with E-state index in [4.69, 9.17) is 17.0 Å². The van der Waals surface area contributed by atoms with Crippen molar-refractivity contribution in [2.45, 2.75) is 12.4 Å². The van der Waals surface area contributed by atoms with Crippen LogP contribution >= 0.6 is 24.0 Å². The Balaban J connectivity index is 2.25. The van der Waals surface area contributed by atoms with Gasteiger partial charge in [-0.15, -0.1) is 0 Å². The Morgan fingerprint density at radius 3 is 2.06 bits per heavy atom.